The minimum Gasteiger partial charge on any atom is -0.486 e. The molecule has 0 aliphatic carbocycles. The fourth-order valence-electron chi connectivity index (χ4n) is 3.33. The quantitative estimate of drug-likeness (QED) is 0.403. The third-order valence-corrected chi connectivity index (χ3v) is 5.37. The molecule has 2 heterocycles. The highest BCUT2D eigenvalue weighted by atomic mass is 79.9. The maximum absolute atomic E-state index is 13.0. The Labute approximate surface area is 187 Å². The summed E-state index contributed by atoms with van der Waals surface area (Å²) in [6.45, 7) is 1.00. The van der Waals surface area contributed by atoms with E-state index in [0.717, 1.165) is 10.0 Å². The van der Waals surface area contributed by atoms with Crippen LogP contribution in [0, 0.1) is 0 Å². The first-order valence-electron chi connectivity index (χ1n) is 9.69. The summed E-state index contributed by atoms with van der Waals surface area (Å²) in [5.74, 6) is 2.03. The zero-order valence-electron chi connectivity index (χ0n) is 16.3. The molecule has 0 bridgehead atoms. The van der Waals surface area contributed by atoms with Gasteiger partial charge in [-0.05, 0) is 36.4 Å². The van der Waals surface area contributed by atoms with Gasteiger partial charge in [-0.3, -0.25) is 4.79 Å². The van der Waals surface area contributed by atoms with Crippen molar-refractivity contribution >= 4 is 27.5 Å². The van der Waals surface area contributed by atoms with Crippen LogP contribution in [0.1, 0.15) is 10.4 Å². The summed E-state index contributed by atoms with van der Waals surface area (Å²) in [4.78, 5) is 17.4. The van der Waals surface area contributed by atoms with Crippen molar-refractivity contribution in [3.8, 4) is 34.3 Å². The standard InChI is InChI=1S/C24H17BrN2O4/c25-16-7-5-15(6-8-16)22-14-26-24(31-22)19-4-2-1-3-18(19)23(28)27-17-9-10-20-21(13-17)30-12-11-29-20/h1-10,13-14H,11-12H2,(H,27,28). The van der Waals surface area contributed by atoms with Crippen molar-refractivity contribution in [1.29, 1.82) is 0 Å². The summed E-state index contributed by atoms with van der Waals surface area (Å²) >= 11 is 3.43. The molecule has 154 valence electrons. The number of aromatic nitrogens is 1. The normalized spacial score (nSPS) is 12.4. The summed E-state index contributed by atoms with van der Waals surface area (Å²) in [6.07, 6.45) is 1.66. The first kappa shape index (κ1) is 19.4. The van der Waals surface area contributed by atoms with E-state index in [2.05, 4.69) is 26.2 Å². The molecule has 31 heavy (non-hydrogen) atoms. The van der Waals surface area contributed by atoms with Gasteiger partial charge in [0.05, 0.1) is 11.8 Å². The molecule has 0 saturated heterocycles. The van der Waals surface area contributed by atoms with E-state index in [0.29, 0.717) is 53.2 Å². The molecule has 5 rings (SSSR count). The van der Waals surface area contributed by atoms with Crippen molar-refractivity contribution in [2.45, 2.75) is 0 Å². The number of rotatable bonds is 4. The lowest BCUT2D eigenvalue weighted by Gasteiger charge is -2.19. The van der Waals surface area contributed by atoms with Gasteiger partial charge in [-0.1, -0.05) is 40.2 Å². The number of halogens is 1. The molecule has 0 fully saturated rings. The van der Waals surface area contributed by atoms with Gasteiger partial charge in [0.25, 0.3) is 5.91 Å². The second kappa shape index (κ2) is 8.28. The molecule has 6 nitrogen and oxygen atoms in total. The summed E-state index contributed by atoms with van der Waals surface area (Å²) in [5.41, 5.74) is 2.59. The lowest BCUT2D eigenvalue weighted by molar-refractivity contribution is 0.102. The molecule has 1 aliphatic heterocycles. The van der Waals surface area contributed by atoms with Crippen LogP contribution in [0.2, 0.25) is 0 Å². The van der Waals surface area contributed by atoms with Crippen LogP contribution in [-0.4, -0.2) is 24.1 Å². The number of carbonyl (C=O) groups is 1. The number of fused-ring (bicyclic) bond motifs is 1. The van der Waals surface area contributed by atoms with Crippen LogP contribution >= 0.6 is 15.9 Å². The number of oxazole rings is 1. The Kier molecular flexibility index (Phi) is 5.18. The van der Waals surface area contributed by atoms with Crippen molar-refractivity contribution < 1.29 is 18.7 Å². The maximum atomic E-state index is 13.0. The SMILES string of the molecule is O=C(Nc1ccc2c(c1)OCCO2)c1ccccc1-c1ncc(-c2ccc(Br)cc2)o1. The Bertz CT molecular complexity index is 1250. The molecule has 1 amide bonds. The number of ether oxygens (including phenoxy) is 2. The second-order valence-electron chi connectivity index (χ2n) is 6.89. The largest absolute Gasteiger partial charge is 0.486 e. The van der Waals surface area contributed by atoms with Crippen molar-refractivity contribution in [2.75, 3.05) is 18.5 Å². The van der Waals surface area contributed by atoms with Crippen LogP contribution in [0.15, 0.2) is 81.8 Å². The molecule has 0 radical (unpaired) electrons. The van der Waals surface area contributed by atoms with Crippen molar-refractivity contribution in [3.05, 3.63) is 83.0 Å². The van der Waals surface area contributed by atoms with Gasteiger partial charge in [0, 0.05) is 27.4 Å². The molecular formula is C24H17BrN2O4. The van der Waals surface area contributed by atoms with Crippen molar-refractivity contribution in [3.63, 3.8) is 0 Å². The van der Waals surface area contributed by atoms with Crippen molar-refractivity contribution in [2.24, 2.45) is 0 Å². The van der Waals surface area contributed by atoms with E-state index in [9.17, 15) is 4.79 Å². The number of hydrogen-bond donors (Lipinski definition) is 1. The predicted molar refractivity (Wildman–Crippen MR) is 120 cm³/mol. The third kappa shape index (κ3) is 4.04. The number of anilines is 1. The van der Waals surface area contributed by atoms with E-state index in [-0.39, 0.29) is 5.91 Å². The Balaban J connectivity index is 1.42. The highest BCUT2D eigenvalue weighted by Gasteiger charge is 2.18. The van der Waals surface area contributed by atoms with Crippen LogP contribution in [0.25, 0.3) is 22.8 Å². The van der Waals surface area contributed by atoms with Gasteiger partial charge in [-0.15, -0.1) is 0 Å². The summed E-state index contributed by atoms with van der Waals surface area (Å²) in [6, 6.07) is 20.3. The van der Waals surface area contributed by atoms with Crippen molar-refractivity contribution in [1.82, 2.24) is 4.98 Å². The Morgan fingerprint density at radius 2 is 1.71 bits per heavy atom. The average Bonchev–Trinajstić information content (AvgIpc) is 3.29. The van der Waals surface area contributed by atoms with Crippen LogP contribution in [-0.2, 0) is 0 Å². The fourth-order valence-corrected chi connectivity index (χ4v) is 3.60. The molecule has 0 atom stereocenters. The van der Waals surface area contributed by atoms with Gasteiger partial charge in [-0.2, -0.15) is 0 Å². The number of nitrogens with one attached hydrogen (secondary N) is 1. The van der Waals surface area contributed by atoms with E-state index in [1.165, 1.54) is 0 Å². The number of amides is 1. The Hall–Kier alpha value is -3.58. The third-order valence-electron chi connectivity index (χ3n) is 4.84. The molecule has 0 unspecified atom stereocenters. The zero-order valence-corrected chi connectivity index (χ0v) is 17.9. The average molecular weight is 477 g/mol. The summed E-state index contributed by atoms with van der Waals surface area (Å²) < 4.78 is 18.1. The lowest BCUT2D eigenvalue weighted by Crippen LogP contribution is -2.16. The first-order valence-corrected chi connectivity index (χ1v) is 10.5. The van der Waals surface area contributed by atoms with Crippen LogP contribution in [0.5, 0.6) is 11.5 Å². The van der Waals surface area contributed by atoms with E-state index in [1.807, 2.05) is 36.4 Å². The Morgan fingerprint density at radius 3 is 2.55 bits per heavy atom. The highest BCUT2D eigenvalue weighted by molar-refractivity contribution is 9.10. The second-order valence-corrected chi connectivity index (χ2v) is 7.81. The minimum absolute atomic E-state index is 0.268. The molecule has 1 aliphatic rings. The van der Waals surface area contributed by atoms with Crippen LogP contribution in [0.4, 0.5) is 5.69 Å². The minimum atomic E-state index is -0.268. The van der Waals surface area contributed by atoms with Crippen LogP contribution in [0.3, 0.4) is 0 Å². The molecule has 3 aromatic carbocycles. The molecule has 0 spiro atoms. The van der Waals surface area contributed by atoms with Gasteiger partial charge in [-0.25, -0.2) is 4.98 Å². The molecule has 0 saturated carbocycles. The summed E-state index contributed by atoms with van der Waals surface area (Å²) in [7, 11) is 0. The molecular weight excluding hydrogens is 460 g/mol. The molecule has 7 heteroatoms. The van der Waals surface area contributed by atoms with Gasteiger partial charge >= 0.3 is 0 Å². The molecule has 4 aromatic rings. The van der Waals surface area contributed by atoms with Gasteiger partial charge < -0.3 is 19.2 Å². The van der Waals surface area contributed by atoms with E-state index in [1.54, 1.807) is 36.5 Å². The number of hydrogen-bond acceptors (Lipinski definition) is 5. The maximum Gasteiger partial charge on any atom is 0.256 e. The predicted octanol–water partition coefficient (Wildman–Crippen LogP) is 5.79. The Morgan fingerprint density at radius 1 is 0.935 bits per heavy atom. The van der Waals surface area contributed by atoms with Crippen LogP contribution < -0.4 is 14.8 Å². The number of benzene rings is 3. The monoisotopic (exact) mass is 476 g/mol. The molecule has 1 aromatic heterocycles. The summed E-state index contributed by atoms with van der Waals surface area (Å²) in [5, 5.41) is 2.91. The van der Waals surface area contributed by atoms with Gasteiger partial charge in [0.2, 0.25) is 5.89 Å². The highest BCUT2D eigenvalue weighted by Crippen LogP contribution is 2.33. The zero-order chi connectivity index (χ0) is 21.2. The van der Waals surface area contributed by atoms with E-state index >= 15 is 0 Å². The van der Waals surface area contributed by atoms with E-state index < -0.39 is 0 Å². The topological polar surface area (TPSA) is 73.6 Å². The number of carbonyl (C=O) groups excluding carboxylic acids is 1. The van der Waals surface area contributed by atoms with E-state index in [4.69, 9.17) is 13.9 Å². The first-order chi connectivity index (χ1) is 15.2. The van der Waals surface area contributed by atoms with Gasteiger partial charge in [0.1, 0.15) is 13.2 Å². The van der Waals surface area contributed by atoms with Gasteiger partial charge in [0.15, 0.2) is 17.3 Å². The fraction of sp³-hybridized carbons (Fsp3) is 0.0833. The lowest BCUT2D eigenvalue weighted by atomic mass is 10.1. The molecule has 1 N–H and O–H groups in total. The smallest absolute Gasteiger partial charge is 0.256 e. The number of nitrogens with zero attached hydrogens (tertiary/aromatic N) is 1.